The van der Waals surface area contributed by atoms with Crippen molar-refractivity contribution in [3.05, 3.63) is 34.9 Å². The summed E-state index contributed by atoms with van der Waals surface area (Å²) in [5.41, 5.74) is 0.812. The van der Waals surface area contributed by atoms with E-state index < -0.39 is 0 Å². The number of carbonyl (C=O) groups is 1. The molecule has 1 amide bonds. The Bertz CT molecular complexity index is 685. The predicted octanol–water partition coefficient (Wildman–Crippen LogP) is 2.49. The van der Waals surface area contributed by atoms with Crippen LogP contribution in [0.2, 0.25) is 0 Å². The monoisotopic (exact) mass is 319 g/mol. The van der Waals surface area contributed by atoms with E-state index in [1.54, 1.807) is 6.92 Å². The smallest absolute Gasteiger partial charge is 0.287 e. The highest BCUT2D eigenvalue weighted by Gasteiger charge is 2.32. The van der Waals surface area contributed by atoms with Crippen molar-refractivity contribution < 1.29 is 18.5 Å². The van der Waals surface area contributed by atoms with Crippen molar-refractivity contribution in [2.24, 2.45) is 5.92 Å². The highest BCUT2D eigenvalue weighted by molar-refractivity contribution is 5.93. The lowest BCUT2D eigenvalue weighted by Gasteiger charge is -2.28. The molecule has 23 heavy (non-hydrogen) atoms. The Kier molecular flexibility index (Phi) is 4.47. The summed E-state index contributed by atoms with van der Waals surface area (Å²) in [6.45, 7) is 6.77. The molecule has 0 radical (unpaired) electrons. The molecule has 124 valence electrons. The fourth-order valence-corrected chi connectivity index (χ4v) is 2.94. The summed E-state index contributed by atoms with van der Waals surface area (Å²) in [7, 11) is 0. The van der Waals surface area contributed by atoms with E-state index >= 15 is 0 Å². The predicted molar refractivity (Wildman–Crippen MR) is 81.0 cm³/mol. The minimum absolute atomic E-state index is 0.198. The number of rotatable bonds is 4. The van der Waals surface area contributed by atoms with Crippen molar-refractivity contribution in [1.82, 2.24) is 15.5 Å². The first-order chi connectivity index (χ1) is 11.0. The molecule has 7 heteroatoms. The molecular formula is C16H21N3O4. The molecule has 3 rings (SSSR count). The van der Waals surface area contributed by atoms with E-state index in [0.29, 0.717) is 36.4 Å². The third-order valence-electron chi connectivity index (χ3n) is 4.08. The molecule has 1 aliphatic rings. The summed E-state index contributed by atoms with van der Waals surface area (Å²) < 4.78 is 16.2. The number of furan rings is 1. The van der Waals surface area contributed by atoms with Crippen LogP contribution in [0.4, 0.5) is 0 Å². The quantitative estimate of drug-likeness (QED) is 0.931. The van der Waals surface area contributed by atoms with Gasteiger partial charge in [0.1, 0.15) is 11.8 Å². The van der Waals surface area contributed by atoms with Gasteiger partial charge in [-0.15, -0.1) is 0 Å². The van der Waals surface area contributed by atoms with Gasteiger partial charge in [0.15, 0.2) is 11.6 Å². The molecule has 3 heterocycles. The van der Waals surface area contributed by atoms with Gasteiger partial charge < -0.3 is 19.0 Å². The Balaban J connectivity index is 1.83. The van der Waals surface area contributed by atoms with E-state index in [4.69, 9.17) is 13.7 Å². The zero-order valence-electron chi connectivity index (χ0n) is 13.6. The van der Waals surface area contributed by atoms with E-state index in [1.807, 2.05) is 19.9 Å². The molecule has 0 aromatic carbocycles. The van der Waals surface area contributed by atoms with Gasteiger partial charge in [0.05, 0.1) is 0 Å². The standard InChI is InChI=1S/C16H21N3O4/c1-9-8-10(2)22-14(9)15(20)18-13(12-4-6-21-7-5-12)16-17-11(3)19-23-16/h8,12-13H,4-7H2,1-3H3,(H,18,20). The van der Waals surface area contributed by atoms with Crippen molar-refractivity contribution in [2.75, 3.05) is 13.2 Å². The lowest BCUT2D eigenvalue weighted by molar-refractivity contribution is 0.0463. The lowest BCUT2D eigenvalue weighted by atomic mass is 9.91. The number of aromatic nitrogens is 2. The fourth-order valence-electron chi connectivity index (χ4n) is 2.94. The maximum absolute atomic E-state index is 12.6. The van der Waals surface area contributed by atoms with Crippen LogP contribution in [-0.2, 0) is 4.74 Å². The summed E-state index contributed by atoms with van der Waals surface area (Å²) in [5, 5.41) is 6.84. The number of carbonyl (C=O) groups excluding carboxylic acids is 1. The Morgan fingerprint density at radius 1 is 1.30 bits per heavy atom. The SMILES string of the molecule is Cc1noc(C(NC(=O)c2oc(C)cc2C)C2CCOCC2)n1. The maximum Gasteiger partial charge on any atom is 0.287 e. The zero-order chi connectivity index (χ0) is 16.4. The molecule has 1 fully saturated rings. The molecule has 7 nitrogen and oxygen atoms in total. The van der Waals surface area contributed by atoms with Crippen LogP contribution in [0, 0.1) is 26.7 Å². The topological polar surface area (TPSA) is 90.4 Å². The van der Waals surface area contributed by atoms with E-state index in [1.165, 1.54) is 0 Å². The van der Waals surface area contributed by atoms with Crippen LogP contribution in [0.15, 0.2) is 15.0 Å². The summed E-state index contributed by atoms with van der Waals surface area (Å²) in [5.74, 6) is 1.96. The zero-order valence-corrected chi connectivity index (χ0v) is 13.6. The third-order valence-corrected chi connectivity index (χ3v) is 4.08. The fraction of sp³-hybridized carbons (Fsp3) is 0.562. The molecule has 1 unspecified atom stereocenters. The normalized spacial score (nSPS) is 17.2. The van der Waals surface area contributed by atoms with Crippen molar-refractivity contribution >= 4 is 5.91 Å². The third kappa shape index (κ3) is 3.44. The van der Waals surface area contributed by atoms with Crippen LogP contribution in [0.3, 0.4) is 0 Å². The van der Waals surface area contributed by atoms with Crippen LogP contribution >= 0.6 is 0 Å². The number of hydrogen-bond donors (Lipinski definition) is 1. The second-order valence-corrected chi connectivity index (χ2v) is 5.95. The van der Waals surface area contributed by atoms with Crippen molar-refractivity contribution in [3.63, 3.8) is 0 Å². The molecule has 0 saturated carbocycles. The minimum atomic E-state index is -0.336. The molecule has 0 aliphatic carbocycles. The van der Waals surface area contributed by atoms with Gasteiger partial charge in [0.25, 0.3) is 5.91 Å². The van der Waals surface area contributed by atoms with Gasteiger partial charge in [-0.3, -0.25) is 4.79 Å². The number of amides is 1. The van der Waals surface area contributed by atoms with Crippen LogP contribution in [0.5, 0.6) is 0 Å². The van der Waals surface area contributed by atoms with Crippen LogP contribution in [0.1, 0.15) is 52.5 Å². The van der Waals surface area contributed by atoms with E-state index in [2.05, 4.69) is 15.5 Å². The van der Waals surface area contributed by atoms with Gasteiger partial charge in [0, 0.05) is 18.8 Å². The highest BCUT2D eigenvalue weighted by Crippen LogP contribution is 2.30. The molecule has 2 aromatic rings. The molecule has 1 aliphatic heterocycles. The van der Waals surface area contributed by atoms with Crippen molar-refractivity contribution in [1.29, 1.82) is 0 Å². The first-order valence-corrected chi connectivity index (χ1v) is 7.80. The average Bonchev–Trinajstić information content (AvgIpc) is 3.11. The second-order valence-electron chi connectivity index (χ2n) is 5.95. The first-order valence-electron chi connectivity index (χ1n) is 7.80. The van der Waals surface area contributed by atoms with Crippen molar-refractivity contribution in [3.8, 4) is 0 Å². The van der Waals surface area contributed by atoms with Crippen LogP contribution < -0.4 is 5.32 Å². The summed E-state index contributed by atoms with van der Waals surface area (Å²) in [6, 6.07) is 1.51. The number of nitrogens with zero attached hydrogens (tertiary/aromatic N) is 2. The number of hydrogen-bond acceptors (Lipinski definition) is 6. The van der Waals surface area contributed by atoms with Crippen LogP contribution in [-0.4, -0.2) is 29.3 Å². The molecular weight excluding hydrogens is 298 g/mol. The van der Waals surface area contributed by atoms with E-state index in [0.717, 1.165) is 18.4 Å². The van der Waals surface area contributed by atoms with Gasteiger partial charge >= 0.3 is 0 Å². The Labute approximate surface area is 134 Å². The number of aryl methyl sites for hydroxylation is 3. The average molecular weight is 319 g/mol. The molecule has 0 bridgehead atoms. The molecule has 1 N–H and O–H groups in total. The molecule has 1 atom stereocenters. The molecule has 0 spiro atoms. The van der Waals surface area contributed by atoms with Crippen molar-refractivity contribution in [2.45, 2.75) is 39.7 Å². The number of nitrogens with one attached hydrogen (secondary N) is 1. The molecule has 2 aromatic heterocycles. The molecule has 1 saturated heterocycles. The van der Waals surface area contributed by atoms with Gasteiger partial charge in [-0.25, -0.2) is 0 Å². The Morgan fingerprint density at radius 3 is 2.61 bits per heavy atom. The van der Waals surface area contributed by atoms with E-state index in [-0.39, 0.29) is 17.9 Å². The second kappa shape index (κ2) is 6.54. The summed E-state index contributed by atoms with van der Waals surface area (Å²) in [4.78, 5) is 16.9. The largest absolute Gasteiger partial charge is 0.456 e. The van der Waals surface area contributed by atoms with Gasteiger partial charge in [0.2, 0.25) is 5.89 Å². The van der Waals surface area contributed by atoms with Gasteiger partial charge in [-0.1, -0.05) is 5.16 Å². The summed E-state index contributed by atoms with van der Waals surface area (Å²) >= 11 is 0. The lowest BCUT2D eigenvalue weighted by Crippen LogP contribution is -2.36. The minimum Gasteiger partial charge on any atom is -0.456 e. The first kappa shape index (κ1) is 15.7. The summed E-state index contributed by atoms with van der Waals surface area (Å²) in [6.07, 6.45) is 1.67. The van der Waals surface area contributed by atoms with Gasteiger partial charge in [-0.2, -0.15) is 4.98 Å². The highest BCUT2D eigenvalue weighted by atomic mass is 16.5. The Morgan fingerprint density at radius 2 is 2.04 bits per heavy atom. The van der Waals surface area contributed by atoms with Gasteiger partial charge in [-0.05, 0) is 45.6 Å². The number of ether oxygens (including phenoxy) is 1. The van der Waals surface area contributed by atoms with Crippen LogP contribution in [0.25, 0.3) is 0 Å². The Hall–Kier alpha value is -2.15. The van der Waals surface area contributed by atoms with E-state index in [9.17, 15) is 4.79 Å². The maximum atomic E-state index is 12.6.